The first-order valence-electron chi connectivity index (χ1n) is 4.75. The Morgan fingerprint density at radius 1 is 1.29 bits per heavy atom. The zero-order valence-electron chi connectivity index (χ0n) is 9.18. The first kappa shape index (κ1) is 14.1. The highest BCUT2D eigenvalue weighted by Gasteiger charge is 2.49. The molecule has 0 heterocycles. The molecule has 6 heteroatoms. The minimum Gasteiger partial charge on any atom is -0.496 e. The van der Waals surface area contributed by atoms with Gasteiger partial charge in [-0.05, 0) is 13.0 Å². The highest BCUT2D eigenvalue weighted by atomic mass is 35.5. The summed E-state index contributed by atoms with van der Waals surface area (Å²) in [6, 6.07) is 4.35. The lowest BCUT2D eigenvalue weighted by molar-refractivity contribution is -0.130. The molecule has 1 unspecified atom stereocenters. The predicted octanol–water partition coefficient (Wildman–Crippen LogP) is 4.18. The lowest BCUT2D eigenvalue weighted by Crippen LogP contribution is -2.31. The molecule has 0 aromatic heterocycles. The molecule has 0 spiro atoms. The summed E-state index contributed by atoms with van der Waals surface area (Å²) in [6.07, 6.45) is -3.82. The molecule has 0 saturated heterocycles. The van der Waals surface area contributed by atoms with E-state index in [2.05, 4.69) is 0 Å². The molecular formula is C11H11ClF4O. The van der Waals surface area contributed by atoms with Gasteiger partial charge in [0.05, 0.1) is 7.11 Å². The summed E-state index contributed by atoms with van der Waals surface area (Å²) in [4.78, 5) is 0. The van der Waals surface area contributed by atoms with E-state index in [-0.39, 0.29) is 11.3 Å². The molecule has 1 aromatic rings. The number of rotatable bonds is 4. The summed E-state index contributed by atoms with van der Waals surface area (Å²) in [7, 11) is 1.26. The molecule has 0 fully saturated rings. The molecule has 0 N–H and O–H groups in total. The maximum atomic E-state index is 13.1. The van der Waals surface area contributed by atoms with Gasteiger partial charge in [0.2, 0.25) is 0 Å². The number of alkyl halides is 5. The third-order valence-electron chi connectivity index (χ3n) is 2.29. The van der Waals surface area contributed by atoms with Crippen molar-refractivity contribution in [2.75, 3.05) is 7.11 Å². The van der Waals surface area contributed by atoms with Gasteiger partial charge in [-0.3, -0.25) is 0 Å². The van der Waals surface area contributed by atoms with Crippen LogP contribution in [0, 0.1) is 6.92 Å². The van der Waals surface area contributed by atoms with Crippen LogP contribution in [-0.4, -0.2) is 19.5 Å². The van der Waals surface area contributed by atoms with Gasteiger partial charge in [0.15, 0.2) is 0 Å². The van der Waals surface area contributed by atoms with Crippen LogP contribution in [0.4, 0.5) is 17.6 Å². The topological polar surface area (TPSA) is 9.23 Å². The first-order valence-corrected chi connectivity index (χ1v) is 5.19. The van der Waals surface area contributed by atoms with Crippen molar-refractivity contribution in [1.82, 2.24) is 0 Å². The Bertz CT molecular complexity index is 395. The molecule has 0 amide bonds. The molecule has 17 heavy (non-hydrogen) atoms. The summed E-state index contributed by atoms with van der Waals surface area (Å²) < 4.78 is 55.5. The Morgan fingerprint density at radius 2 is 1.88 bits per heavy atom. The van der Waals surface area contributed by atoms with Crippen LogP contribution in [0.5, 0.6) is 5.75 Å². The van der Waals surface area contributed by atoms with E-state index < -0.39 is 17.7 Å². The number of ether oxygens (including phenoxy) is 1. The fourth-order valence-electron chi connectivity index (χ4n) is 1.37. The normalized spacial score (nSPS) is 13.9. The van der Waals surface area contributed by atoms with Crippen molar-refractivity contribution in [2.45, 2.75) is 24.6 Å². The molecule has 1 aromatic carbocycles. The van der Waals surface area contributed by atoms with E-state index in [1.54, 1.807) is 13.0 Å². The number of methoxy groups -OCH3 is 1. The van der Waals surface area contributed by atoms with Gasteiger partial charge in [-0.25, -0.2) is 8.78 Å². The van der Waals surface area contributed by atoms with E-state index in [0.717, 1.165) is 0 Å². The van der Waals surface area contributed by atoms with E-state index in [1.165, 1.54) is 19.2 Å². The van der Waals surface area contributed by atoms with Crippen molar-refractivity contribution in [3.05, 3.63) is 29.3 Å². The molecule has 1 nitrogen and oxygen atoms in total. The average molecular weight is 271 g/mol. The Kier molecular flexibility index (Phi) is 4.25. The molecule has 96 valence electrons. The zero-order chi connectivity index (χ0) is 13.2. The predicted molar refractivity (Wildman–Crippen MR) is 57.3 cm³/mol. The monoisotopic (exact) mass is 270 g/mol. The summed E-state index contributed by atoms with van der Waals surface area (Å²) in [5, 5.41) is -2.13. The lowest BCUT2D eigenvalue weighted by atomic mass is 10.0. The molecule has 1 atom stereocenters. The van der Waals surface area contributed by atoms with Crippen molar-refractivity contribution in [3.8, 4) is 5.75 Å². The Labute approximate surface area is 101 Å². The third kappa shape index (κ3) is 2.83. The lowest BCUT2D eigenvalue weighted by Gasteiger charge is -2.23. The third-order valence-corrected chi connectivity index (χ3v) is 2.81. The van der Waals surface area contributed by atoms with Gasteiger partial charge in [0.25, 0.3) is 0 Å². The van der Waals surface area contributed by atoms with Crippen LogP contribution in [0.3, 0.4) is 0 Å². The summed E-state index contributed by atoms with van der Waals surface area (Å²) in [6.45, 7) is 1.65. The number of hydrogen-bond donors (Lipinski definition) is 0. The Morgan fingerprint density at radius 3 is 2.35 bits per heavy atom. The van der Waals surface area contributed by atoms with E-state index >= 15 is 0 Å². The molecule has 0 bridgehead atoms. The van der Waals surface area contributed by atoms with E-state index in [1.807, 2.05) is 0 Å². The summed E-state index contributed by atoms with van der Waals surface area (Å²) in [5.74, 6) is -4.24. The van der Waals surface area contributed by atoms with E-state index in [4.69, 9.17) is 16.3 Å². The smallest absolute Gasteiger partial charge is 0.327 e. The van der Waals surface area contributed by atoms with Gasteiger partial charge in [0.1, 0.15) is 11.1 Å². The quantitative estimate of drug-likeness (QED) is 0.589. The van der Waals surface area contributed by atoms with Crippen LogP contribution >= 0.6 is 11.6 Å². The molecule has 1 rings (SSSR count). The minimum absolute atomic E-state index is 0.0657. The standard InChI is InChI=1S/C11H11ClF4O/c1-6-3-4-8(17-2)7(5-6)9(12)11(15,16)10(13)14/h3-5,9-10H,1-2H3. The van der Waals surface area contributed by atoms with Gasteiger partial charge in [-0.15, -0.1) is 11.6 Å². The molecule has 0 aliphatic carbocycles. The average Bonchev–Trinajstić information content (AvgIpc) is 2.27. The van der Waals surface area contributed by atoms with Gasteiger partial charge in [-0.1, -0.05) is 17.7 Å². The van der Waals surface area contributed by atoms with Gasteiger partial charge >= 0.3 is 12.3 Å². The number of hydrogen-bond acceptors (Lipinski definition) is 1. The fourth-order valence-corrected chi connectivity index (χ4v) is 1.64. The van der Waals surface area contributed by atoms with E-state index in [0.29, 0.717) is 5.56 Å². The molecule has 0 aliphatic rings. The van der Waals surface area contributed by atoms with Crippen LogP contribution in [-0.2, 0) is 0 Å². The SMILES string of the molecule is COc1ccc(C)cc1C(Cl)C(F)(F)C(F)F. The summed E-state index contributed by atoms with van der Waals surface area (Å²) in [5.41, 5.74) is 0.496. The summed E-state index contributed by atoms with van der Waals surface area (Å²) >= 11 is 5.44. The van der Waals surface area contributed by atoms with Crippen LogP contribution < -0.4 is 4.74 Å². The number of halogens is 5. The largest absolute Gasteiger partial charge is 0.496 e. The van der Waals surface area contributed by atoms with Crippen LogP contribution in [0.2, 0.25) is 0 Å². The van der Waals surface area contributed by atoms with Crippen LogP contribution in [0.15, 0.2) is 18.2 Å². The fraction of sp³-hybridized carbons (Fsp3) is 0.455. The Balaban J connectivity index is 3.19. The van der Waals surface area contributed by atoms with Crippen LogP contribution in [0.25, 0.3) is 0 Å². The maximum absolute atomic E-state index is 13.1. The Hall–Kier alpha value is -0.970. The molecule has 0 aliphatic heterocycles. The highest BCUT2D eigenvalue weighted by molar-refractivity contribution is 6.21. The molecular weight excluding hydrogens is 260 g/mol. The van der Waals surface area contributed by atoms with E-state index in [9.17, 15) is 17.6 Å². The minimum atomic E-state index is -4.30. The van der Waals surface area contributed by atoms with Gasteiger partial charge in [-0.2, -0.15) is 8.78 Å². The second-order valence-corrected chi connectivity index (χ2v) is 4.02. The van der Waals surface area contributed by atoms with Crippen molar-refractivity contribution in [3.63, 3.8) is 0 Å². The molecule has 0 saturated carbocycles. The number of aryl methyl sites for hydroxylation is 1. The van der Waals surface area contributed by atoms with Gasteiger partial charge in [0, 0.05) is 5.56 Å². The second-order valence-electron chi connectivity index (χ2n) is 3.58. The number of benzene rings is 1. The van der Waals surface area contributed by atoms with Crippen molar-refractivity contribution in [2.24, 2.45) is 0 Å². The second kappa shape index (κ2) is 5.12. The highest BCUT2D eigenvalue weighted by Crippen LogP contribution is 2.44. The zero-order valence-corrected chi connectivity index (χ0v) is 9.94. The first-order chi connectivity index (χ1) is 7.80. The van der Waals surface area contributed by atoms with Crippen molar-refractivity contribution >= 4 is 11.6 Å². The van der Waals surface area contributed by atoms with Crippen LogP contribution in [0.1, 0.15) is 16.5 Å². The van der Waals surface area contributed by atoms with Crippen molar-refractivity contribution < 1.29 is 22.3 Å². The van der Waals surface area contributed by atoms with Gasteiger partial charge < -0.3 is 4.74 Å². The maximum Gasteiger partial charge on any atom is 0.327 e. The molecule has 0 radical (unpaired) electrons. The van der Waals surface area contributed by atoms with Crippen molar-refractivity contribution in [1.29, 1.82) is 0 Å².